The standard InChI is InChI=1S/C21H39F/c1-4-6-8-18(7-5-2)20-14-13-19(15-21(20)22)17-11-9-16(3)10-12-17/h16-21H,4-15H2,1-3H3. The summed E-state index contributed by atoms with van der Waals surface area (Å²) in [5.41, 5.74) is 0. The van der Waals surface area contributed by atoms with Gasteiger partial charge in [0.2, 0.25) is 0 Å². The third kappa shape index (κ3) is 4.96. The van der Waals surface area contributed by atoms with E-state index >= 15 is 0 Å². The molecule has 0 spiro atoms. The van der Waals surface area contributed by atoms with E-state index in [-0.39, 0.29) is 0 Å². The Bertz CT molecular complexity index is 292. The summed E-state index contributed by atoms with van der Waals surface area (Å²) < 4.78 is 14.9. The molecule has 1 heteroatoms. The quantitative estimate of drug-likeness (QED) is 0.467. The third-order valence-corrected chi connectivity index (χ3v) is 6.78. The average molecular weight is 311 g/mol. The molecule has 0 aromatic carbocycles. The van der Waals surface area contributed by atoms with E-state index in [4.69, 9.17) is 0 Å². The van der Waals surface area contributed by atoms with Gasteiger partial charge in [-0.05, 0) is 61.7 Å². The van der Waals surface area contributed by atoms with Gasteiger partial charge in [0.1, 0.15) is 6.17 Å². The smallest absolute Gasteiger partial charge is 0.103 e. The second kappa shape index (κ2) is 9.28. The summed E-state index contributed by atoms with van der Waals surface area (Å²) in [6, 6.07) is 0. The first kappa shape index (κ1) is 18.3. The molecule has 0 bridgehead atoms. The van der Waals surface area contributed by atoms with Gasteiger partial charge in [0.25, 0.3) is 0 Å². The van der Waals surface area contributed by atoms with Gasteiger partial charge in [-0.3, -0.25) is 0 Å². The highest BCUT2D eigenvalue weighted by Gasteiger charge is 2.38. The summed E-state index contributed by atoms with van der Waals surface area (Å²) in [5.74, 6) is 3.50. The Kier molecular flexibility index (Phi) is 7.71. The molecule has 0 radical (unpaired) electrons. The van der Waals surface area contributed by atoms with Crippen LogP contribution >= 0.6 is 0 Å². The molecule has 0 aromatic rings. The summed E-state index contributed by atoms with van der Waals surface area (Å²) in [7, 11) is 0. The van der Waals surface area contributed by atoms with Crippen molar-refractivity contribution in [3.8, 4) is 0 Å². The van der Waals surface area contributed by atoms with Crippen molar-refractivity contribution in [3.05, 3.63) is 0 Å². The van der Waals surface area contributed by atoms with Crippen molar-refractivity contribution in [3.63, 3.8) is 0 Å². The van der Waals surface area contributed by atoms with E-state index in [0.717, 1.165) is 18.3 Å². The number of halogens is 1. The topological polar surface area (TPSA) is 0 Å². The Morgan fingerprint density at radius 3 is 2.14 bits per heavy atom. The summed E-state index contributed by atoms with van der Waals surface area (Å²) in [6.07, 6.45) is 14.7. The maximum atomic E-state index is 14.9. The van der Waals surface area contributed by atoms with Gasteiger partial charge in [-0.15, -0.1) is 0 Å². The fraction of sp³-hybridized carbons (Fsp3) is 1.00. The Morgan fingerprint density at radius 1 is 0.864 bits per heavy atom. The first-order valence-electron chi connectivity index (χ1n) is 10.3. The van der Waals surface area contributed by atoms with Crippen molar-refractivity contribution in [1.29, 1.82) is 0 Å². The molecule has 2 rings (SSSR count). The molecule has 0 amide bonds. The van der Waals surface area contributed by atoms with Crippen molar-refractivity contribution in [1.82, 2.24) is 0 Å². The molecular weight excluding hydrogens is 271 g/mol. The molecule has 0 aliphatic heterocycles. The van der Waals surface area contributed by atoms with E-state index in [0.29, 0.717) is 17.8 Å². The lowest BCUT2D eigenvalue weighted by Crippen LogP contribution is -2.35. The number of hydrogen-bond donors (Lipinski definition) is 0. The predicted octanol–water partition coefficient (Wildman–Crippen LogP) is 7.17. The van der Waals surface area contributed by atoms with Crippen molar-refractivity contribution in [2.45, 2.75) is 104 Å². The molecule has 0 saturated heterocycles. The molecule has 0 aromatic heterocycles. The van der Waals surface area contributed by atoms with Crippen molar-refractivity contribution >= 4 is 0 Å². The molecule has 0 nitrogen and oxygen atoms in total. The molecule has 2 fully saturated rings. The van der Waals surface area contributed by atoms with Crippen LogP contribution in [0.1, 0.15) is 97.8 Å². The molecule has 0 N–H and O–H groups in total. The summed E-state index contributed by atoms with van der Waals surface area (Å²) >= 11 is 0. The Labute approximate surface area is 138 Å². The van der Waals surface area contributed by atoms with E-state index in [9.17, 15) is 4.39 Å². The molecule has 2 aliphatic carbocycles. The largest absolute Gasteiger partial charge is 0.247 e. The lowest BCUT2D eigenvalue weighted by Gasteiger charge is -2.41. The average Bonchev–Trinajstić information content (AvgIpc) is 2.52. The van der Waals surface area contributed by atoms with Gasteiger partial charge in [-0.2, -0.15) is 0 Å². The van der Waals surface area contributed by atoms with Crippen LogP contribution in [-0.2, 0) is 0 Å². The highest BCUT2D eigenvalue weighted by Crippen LogP contribution is 2.45. The molecule has 22 heavy (non-hydrogen) atoms. The van der Waals surface area contributed by atoms with Crippen molar-refractivity contribution in [2.24, 2.45) is 29.6 Å². The maximum Gasteiger partial charge on any atom is 0.103 e. The minimum absolute atomic E-state index is 0.380. The predicted molar refractivity (Wildman–Crippen MR) is 94.8 cm³/mol. The fourth-order valence-corrected chi connectivity index (χ4v) is 5.30. The minimum atomic E-state index is -0.508. The number of rotatable bonds is 7. The van der Waals surface area contributed by atoms with Crippen LogP contribution in [0.5, 0.6) is 0 Å². The van der Waals surface area contributed by atoms with Gasteiger partial charge >= 0.3 is 0 Å². The third-order valence-electron chi connectivity index (χ3n) is 6.78. The zero-order valence-electron chi connectivity index (χ0n) is 15.3. The number of alkyl halides is 1. The highest BCUT2D eigenvalue weighted by atomic mass is 19.1. The van der Waals surface area contributed by atoms with Crippen LogP contribution in [0, 0.1) is 29.6 Å². The molecule has 2 aliphatic rings. The van der Waals surface area contributed by atoms with Crippen molar-refractivity contribution in [2.75, 3.05) is 0 Å². The van der Waals surface area contributed by atoms with Crippen LogP contribution in [0.2, 0.25) is 0 Å². The van der Waals surface area contributed by atoms with Gasteiger partial charge in [-0.1, -0.05) is 65.7 Å². The molecule has 4 unspecified atom stereocenters. The summed E-state index contributed by atoms with van der Waals surface area (Å²) in [5, 5.41) is 0. The van der Waals surface area contributed by atoms with E-state index in [1.165, 1.54) is 70.6 Å². The van der Waals surface area contributed by atoms with E-state index < -0.39 is 6.17 Å². The first-order chi connectivity index (χ1) is 10.7. The van der Waals surface area contributed by atoms with Gasteiger partial charge in [0, 0.05) is 0 Å². The van der Waals surface area contributed by atoms with Gasteiger partial charge < -0.3 is 0 Å². The zero-order valence-corrected chi connectivity index (χ0v) is 15.3. The zero-order chi connectivity index (χ0) is 15.9. The molecule has 4 atom stereocenters. The van der Waals surface area contributed by atoms with Gasteiger partial charge in [0.05, 0.1) is 0 Å². The van der Waals surface area contributed by atoms with E-state index in [1.54, 1.807) is 0 Å². The highest BCUT2D eigenvalue weighted by molar-refractivity contribution is 4.88. The second-order valence-corrected chi connectivity index (χ2v) is 8.46. The molecule has 0 heterocycles. The molecule has 130 valence electrons. The van der Waals surface area contributed by atoms with Gasteiger partial charge in [0.15, 0.2) is 0 Å². The molecular formula is C21H39F. The van der Waals surface area contributed by atoms with Gasteiger partial charge in [-0.25, -0.2) is 4.39 Å². The van der Waals surface area contributed by atoms with Crippen LogP contribution in [0.4, 0.5) is 4.39 Å². The normalized spacial score (nSPS) is 37.9. The fourth-order valence-electron chi connectivity index (χ4n) is 5.30. The van der Waals surface area contributed by atoms with Crippen LogP contribution in [0.3, 0.4) is 0 Å². The Morgan fingerprint density at radius 2 is 1.55 bits per heavy atom. The lowest BCUT2D eigenvalue weighted by atomic mass is 9.66. The van der Waals surface area contributed by atoms with Crippen LogP contribution in [0.25, 0.3) is 0 Å². The van der Waals surface area contributed by atoms with Crippen LogP contribution in [-0.4, -0.2) is 6.17 Å². The van der Waals surface area contributed by atoms with Crippen LogP contribution in [0.15, 0.2) is 0 Å². The van der Waals surface area contributed by atoms with E-state index in [2.05, 4.69) is 20.8 Å². The Balaban J connectivity index is 1.85. The maximum absolute atomic E-state index is 14.9. The number of unbranched alkanes of at least 4 members (excludes halogenated alkanes) is 1. The van der Waals surface area contributed by atoms with Crippen LogP contribution < -0.4 is 0 Å². The second-order valence-electron chi connectivity index (χ2n) is 8.46. The number of hydrogen-bond acceptors (Lipinski definition) is 0. The minimum Gasteiger partial charge on any atom is -0.247 e. The SMILES string of the molecule is CCCCC(CCC)C1CCC(C2CCC(C)CC2)CC1F. The van der Waals surface area contributed by atoms with E-state index in [1.807, 2.05) is 0 Å². The summed E-state index contributed by atoms with van der Waals surface area (Å²) in [4.78, 5) is 0. The molecule has 2 saturated carbocycles. The lowest BCUT2D eigenvalue weighted by molar-refractivity contribution is 0.0439. The monoisotopic (exact) mass is 310 g/mol. The summed E-state index contributed by atoms with van der Waals surface area (Å²) in [6.45, 7) is 6.91. The first-order valence-corrected chi connectivity index (χ1v) is 10.3. The van der Waals surface area contributed by atoms with Crippen molar-refractivity contribution < 1.29 is 4.39 Å². The Hall–Kier alpha value is -0.0700.